The Morgan fingerprint density at radius 2 is 1.72 bits per heavy atom. The van der Waals surface area contributed by atoms with E-state index in [0.29, 0.717) is 11.3 Å². The summed E-state index contributed by atoms with van der Waals surface area (Å²) in [6.45, 7) is 0. The summed E-state index contributed by atoms with van der Waals surface area (Å²) in [7, 11) is 0. The van der Waals surface area contributed by atoms with E-state index in [1.165, 1.54) is 4.68 Å². The second-order valence-electron chi connectivity index (χ2n) is 6.20. The van der Waals surface area contributed by atoms with Gasteiger partial charge in [0.25, 0.3) is 0 Å². The summed E-state index contributed by atoms with van der Waals surface area (Å²) in [5.41, 5.74) is 9.90. The van der Waals surface area contributed by atoms with E-state index in [9.17, 15) is 10.5 Å². The number of nitriles is 2. The van der Waals surface area contributed by atoms with Crippen LogP contribution in [-0.4, -0.2) is 20.0 Å². The van der Waals surface area contributed by atoms with Crippen molar-refractivity contribution >= 4 is 17.5 Å². The van der Waals surface area contributed by atoms with Crippen LogP contribution in [0.5, 0.6) is 0 Å². The SMILES string of the molecule is N#CC(=Cc1cn[nH]c1-c1ccccc1)c1nn(-c2ccccc2)c(N)c1C#N. The molecule has 138 valence electrons. The number of aromatic nitrogens is 4. The van der Waals surface area contributed by atoms with Crippen LogP contribution >= 0.6 is 0 Å². The quantitative estimate of drug-likeness (QED) is 0.524. The number of hydrogen-bond donors (Lipinski definition) is 2. The third-order valence-electron chi connectivity index (χ3n) is 4.44. The van der Waals surface area contributed by atoms with Gasteiger partial charge in [0.2, 0.25) is 0 Å². The fraction of sp³-hybridized carbons (Fsp3) is 0. The van der Waals surface area contributed by atoms with E-state index in [4.69, 9.17) is 5.73 Å². The molecule has 0 saturated heterocycles. The fourth-order valence-electron chi connectivity index (χ4n) is 3.05. The molecule has 0 bridgehead atoms. The van der Waals surface area contributed by atoms with Gasteiger partial charge in [-0.15, -0.1) is 0 Å². The van der Waals surface area contributed by atoms with E-state index in [1.54, 1.807) is 12.3 Å². The number of para-hydroxylation sites is 1. The first kappa shape index (κ1) is 17.8. The van der Waals surface area contributed by atoms with Gasteiger partial charge in [-0.2, -0.15) is 20.7 Å². The first-order chi connectivity index (χ1) is 14.2. The van der Waals surface area contributed by atoms with Gasteiger partial charge in [0, 0.05) is 11.1 Å². The topological polar surface area (TPSA) is 120 Å². The van der Waals surface area contributed by atoms with Gasteiger partial charge < -0.3 is 5.73 Å². The molecule has 2 aromatic carbocycles. The number of nitrogen functional groups attached to an aromatic ring is 1. The number of H-pyrrole nitrogens is 1. The molecule has 0 aliphatic heterocycles. The largest absolute Gasteiger partial charge is 0.382 e. The Bertz CT molecular complexity index is 1270. The van der Waals surface area contributed by atoms with Crippen LogP contribution in [0.1, 0.15) is 16.8 Å². The van der Waals surface area contributed by atoms with E-state index in [0.717, 1.165) is 11.3 Å². The van der Waals surface area contributed by atoms with Crippen LogP contribution in [-0.2, 0) is 0 Å². The second kappa shape index (κ2) is 7.55. The molecule has 0 unspecified atom stereocenters. The molecule has 0 aliphatic carbocycles. The Balaban J connectivity index is 1.84. The molecular formula is C22H15N7. The Morgan fingerprint density at radius 1 is 1.03 bits per heavy atom. The highest BCUT2D eigenvalue weighted by molar-refractivity contribution is 5.93. The van der Waals surface area contributed by atoms with Crippen LogP contribution in [0.3, 0.4) is 0 Å². The van der Waals surface area contributed by atoms with E-state index in [2.05, 4.69) is 27.4 Å². The summed E-state index contributed by atoms with van der Waals surface area (Å²) in [6, 6.07) is 23.1. The smallest absolute Gasteiger partial charge is 0.145 e. The number of nitrogens with one attached hydrogen (secondary N) is 1. The van der Waals surface area contributed by atoms with Crippen molar-refractivity contribution in [2.45, 2.75) is 0 Å². The summed E-state index contributed by atoms with van der Waals surface area (Å²) in [4.78, 5) is 0. The van der Waals surface area contributed by atoms with Gasteiger partial charge in [0.05, 0.1) is 23.2 Å². The molecule has 7 nitrogen and oxygen atoms in total. The van der Waals surface area contributed by atoms with Crippen molar-refractivity contribution in [3.8, 4) is 29.1 Å². The molecule has 4 aromatic rings. The molecule has 7 heteroatoms. The number of benzene rings is 2. The third-order valence-corrected chi connectivity index (χ3v) is 4.44. The fourth-order valence-corrected chi connectivity index (χ4v) is 3.05. The highest BCUT2D eigenvalue weighted by atomic mass is 15.3. The molecule has 2 heterocycles. The van der Waals surface area contributed by atoms with Gasteiger partial charge in [0.15, 0.2) is 0 Å². The van der Waals surface area contributed by atoms with Crippen molar-refractivity contribution in [3.05, 3.63) is 83.7 Å². The average Bonchev–Trinajstić information content (AvgIpc) is 3.37. The Hall–Kier alpha value is -4.62. The maximum absolute atomic E-state index is 9.78. The summed E-state index contributed by atoms with van der Waals surface area (Å²) in [5, 5.41) is 30.9. The van der Waals surface area contributed by atoms with Crippen LogP contribution in [0.2, 0.25) is 0 Å². The minimum Gasteiger partial charge on any atom is -0.382 e. The molecule has 0 fully saturated rings. The number of anilines is 1. The lowest BCUT2D eigenvalue weighted by atomic mass is 10.0. The predicted octanol–water partition coefficient (Wildman–Crippen LogP) is 3.78. The van der Waals surface area contributed by atoms with E-state index >= 15 is 0 Å². The van der Waals surface area contributed by atoms with Gasteiger partial charge in [-0.05, 0) is 18.2 Å². The zero-order valence-corrected chi connectivity index (χ0v) is 15.2. The summed E-state index contributed by atoms with van der Waals surface area (Å²) in [5.74, 6) is 0.185. The average molecular weight is 377 g/mol. The molecule has 0 amide bonds. The number of rotatable bonds is 4. The second-order valence-corrected chi connectivity index (χ2v) is 6.20. The van der Waals surface area contributed by atoms with Crippen molar-refractivity contribution in [2.24, 2.45) is 0 Å². The lowest BCUT2D eigenvalue weighted by Gasteiger charge is -2.02. The maximum Gasteiger partial charge on any atom is 0.145 e. The predicted molar refractivity (Wildman–Crippen MR) is 110 cm³/mol. The molecule has 0 atom stereocenters. The molecule has 29 heavy (non-hydrogen) atoms. The van der Waals surface area contributed by atoms with Crippen LogP contribution < -0.4 is 5.73 Å². The monoisotopic (exact) mass is 377 g/mol. The zero-order valence-electron chi connectivity index (χ0n) is 15.2. The normalized spacial score (nSPS) is 11.0. The molecule has 0 saturated carbocycles. The first-order valence-corrected chi connectivity index (χ1v) is 8.78. The van der Waals surface area contributed by atoms with Gasteiger partial charge >= 0.3 is 0 Å². The number of aromatic amines is 1. The summed E-state index contributed by atoms with van der Waals surface area (Å²) >= 11 is 0. The van der Waals surface area contributed by atoms with Gasteiger partial charge in [-0.1, -0.05) is 48.5 Å². The molecule has 4 rings (SSSR count). The summed E-state index contributed by atoms with van der Waals surface area (Å²) < 4.78 is 1.46. The van der Waals surface area contributed by atoms with Crippen molar-refractivity contribution < 1.29 is 0 Å². The number of allylic oxidation sites excluding steroid dienone is 1. The van der Waals surface area contributed by atoms with Crippen molar-refractivity contribution in [3.63, 3.8) is 0 Å². The first-order valence-electron chi connectivity index (χ1n) is 8.78. The number of hydrogen-bond acceptors (Lipinski definition) is 5. The van der Waals surface area contributed by atoms with Gasteiger partial charge in [-0.3, -0.25) is 5.10 Å². The molecule has 2 aromatic heterocycles. The molecule has 0 aliphatic rings. The number of nitrogens with zero attached hydrogens (tertiary/aromatic N) is 5. The minimum atomic E-state index is 0.159. The lowest BCUT2D eigenvalue weighted by molar-refractivity contribution is 0.885. The van der Waals surface area contributed by atoms with Gasteiger partial charge in [0.1, 0.15) is 29.2 Å². The molecule has 3 N–H and O–H groups in total. The van der Waals surface area contributed by atoms with Crippen LogP contribution in [0.15, 0.2) is 66.9 Å². The zero-order chi connectivity index (χ0) is 20.2. The van der Waals surface area contributed by atoms with Crippen LogP contribution in [0.25, 0.3) is 28.6 Å². The Morgan fingerprint density at radius 3 is 2.38 bits per heavy atom. The van der Waals surface area contributed by atoms with Crippen LogP contribution in [0.4, 0.5) is 5.82 Å². The van der Waals surface area contributed by atoms with Crippen molar-refractivity contribution in [2.75, 3.05) is 5.73 Å². The lowest BCUT2D eigenvalue weighted by Crippen LogP contribution is -2.02. The molecular weight excluding hydrogens is 362 g/mol. The van der Waals surface area contributed by atoms with E-state index in [1.807, 2.05) is 60.7 Å². The standard InChI is InChI=1S/C22H15N7/c23-12-16(11-17-14-26-27-20(17)15-7-3-1-4-8-15)21-19(13-24)22(25)29(28-21)18-9-5-2-6-10-18/h1-11,14H,25H2,(H,26,27). The van der Waals surface area contributed by atoms with E-state index < -0.39 is 0 Å². The number of nitrogens with two attached hydrogens (primary N) is 1. The Kier molecular flexibility index (Phi) is 4.63. The maximum atomic E-state index is 9.78. The highest BCUT2D eigenvalue weighted by Gasteiger charge is 2.20. The molecule has 0 radical (unpaired) electrons. The summed E-state index contributed by atoms with van der Waals surface area (Å²) in [6.07, 6.45) is 3.28. The minimum absolute atomic E-state index is 0.159. The highest BCUT2D eigenvalue weighted by Crippen LogP contribution is 2.29. The third kappa shape index (κ3) is 3.25. The van der Waals surface area contributed by atoms with Crippen molar-refractivity contribution in [1.82, 2.24) is 20.0 Å². The van der Waals surface area contributed by atoms with Gasteiger partial charge in [-0.25, -0.2) is 4.68 Å². The van der Waals surface area contributed by atoms with Crippen molar-refractivity contribution in [1.29, 1.82) is 10.5 Å². The van der Waals surface area contributed by atoms with Crippen LogP contribution in [0, 0.1) is 22.7 Å². The Labute approximate surface area is 167 Å². The molecule has 0 spiro atoms. The van der Waals surface area contributed by atoms with E-state index in [-0.39, 0.29) is 22.6 Å².